The third kappa shape index (κ3) is 5.11. The van der Waals surface area contributed by atoms with Gasteiger partial charge in [-0.15, -0.1) is 0 Å². The number of hydrogen-bond acceptors (Lipinski definition) is 3. The van der Waals surface area contributed by atoms with Gasteiger partial charge < -0.3 is 10.1 Å². The molecule has 0 aliphatic carbocycles. The largest absolute Gasteiger partial charge is 0.494 e. The lowest BCUT2D eigenvalue weighted by atomic mass is 10.1. The zero-order chi connectivity index (χ0) is 16.7. The van der Waals surface area contributed by atoms with E-state index in [9.17, 15) is 9.59 Å². The van der Waals surface area contributed by atoms with Gasteiger partial charge in [-0.3, -0.25) is 9.59 Å². The van der Waals surface area contributed by atoms with E-state index >= 15 is 0 Å². The molecule has 0 radical (unpaired) electrons. The van der Waals surface area contributed by atoms with Crippen molar-refractivity contribution < 1.29 is 14.3 Å². The van der Waals surface area contributed by atoms with Gasteiger partial charge >= 0.3 is 0 Å². The molecule has 4 heteroatoms. The van der Waals surface area contributed by atoms with Gasteiger partial charge in [-0.2, -0.15) is 0 Å². The molecule has 0 atom stereocenters. The van der Waals surface area contributed by atoms with Crippen LogP contribution in [0.1, 0.15) is 29.8 Å². The minimum Gasteiger partial charge on any atom is -0.494 e. The Bertz CT molecular complexity index is 735. The number of nitrogens with one attached hydrogen (secondary N) is 1. The lowest BCUT2D eigenvalue weighted by Gasteiger charge is -2.04. The van der Waals surface area contributed by atoms with Crippen LogP contribution < -0.4 is 10.1 Å². The first-order chi connectivity index (χ1) is 11.1. The smallest absolute Gasteiger partial charge is 0.221 e. The highest BCUT2D eigenvalue weighted by Crippen LogP contribution is 2.16. The molecule has 0 unspecified atom stereocenters. The van der Waals surface area contributed by atoms with Crippen LogP contribution in [-0.2, 0) is 4.79 Å². The van der Waals surface area contributed by atoms with Gasteiger partial charge in [0.15, 0.2) is 5.78 Å². The summed E-state index contributed by atoms with van der Waals surface area (Å²) >= 11 is 0. The first kappa shape index (κ1) is 16.5. The Kier molecular flexibility index (Phi) is 5.69. The number of carbonyl (C=O) groups excluding carboxylic acids is 2. The van der Waals surface area contributed by atoms with Gasteiger partial charge in [-0.05, 0) is 42.8 Å². The summed E-state index contributed by atoms with van der Waals surface area (Å²) in [5, 5.41) is 2.66. The number of carbonyl (C=O) groups is 2. The highest BCUT2D eigenvalue weighted by molar-refractivity contribution is 6.07. The minimum atomic E-state index is -0.169. The fourth-order valence-corrected chi connectivity index (χ4v) is 2.10. The van der Waals surface area contributed by atoms with Crippen LogP contribution >= 0.6 is 0 Å². The van der Waals surface area contributed by atoms with Crippen LogP contribution in [0.5, 0.6) is 5.75 Å². The summed E-state index contributed by atoms with van der Waals surface area (Å²) in [5.74, 6) is 0.478. The number of rotatable bonds is 6. The maximum absolute atomic E-state index is 12.2. The molecule has 1 amide bonds. The number of ketones is 1. The van der Waals surface area contributed by atoms with Crippen molar-refractivity contribution in [3.8, 4) is 5.75 Å². The molecule has 4 nitrogen and oxygen atoms in total. The molecule has 0 aromatic heterocycles. The first-order valence-corrected chi connectivity index (χ1v) is 7.41. The maximum Gasteiger partial charge on any atom is 0.221 e. The minimum absolute atomic E-state index is 0.126. The Hall–Kier alpha value is -2.88. The third-order valence-electron chi connectivity index (χ3n) is 3.06. The number of hydrogen-bond donors (Lipinski definition) is 1. The van der Waals surface area contributed by atoms with E-state index in [0.29, 0.717) is 17.9 Å². The molecule has 0 bridgehead atoms. The van der Waals surface area contributed by atoms with Gasteiger partial charge in [0, 0.05) is 18.2 Å². The molecule has 0 aliphatic rings. The zero-order valence-electron chi connectivity index (χ0n) is 13.2. The van der Waals surface area contributed by atoms with Crippen molar-refractivity contribution in [3.05, 3.63) is 65.7 Å². The van der Waals surface area contributed by atoms with Crippen LogP contribution in [0, 0.1) is 0 Å². The molecule has 2 aromatic carbocycles. The molecular formula is C19H19NO3. The second-order valence-electron chi connectivity index (χ2n) is 4.97. The summed E-state index contributed by atoms with van der Waals surface area (Å²) in [7, 11) is 0. The van der Waals surface area contributed by atoms with E-state index in [-0.39, 0.29) is 11.7 Å². The molecule has 2 rings (SSSR count). The quantitative estimate of drug-likeness (QED) is 0.649. The Labute approximate surface area is 135 Å². The van der Waals surface area contributed by atoms with Gasteiger partial charge in [0.05, 0.1) is 6.61 Å². The fraction of sp³-hybridized carbons (Fsp3) is 0.158. The van der Waals surface area contributed by atoms with Gasteiger partial charge in [0.25, 0.3) is 0 Å². The molecule has 0 aliphatic heterocycles. The number of ether oxygens (including phenoxy) is 1. The summed E-state index contributed by atoms with van der Waals surface area (Å²) in [5.41, 5.74) is 2.02. The van der Waals surface area contributed by atoms with E-state index in [4.69, 9.17) is 4.74 Å². The predicted molar refractivity (Wildman–Crippen MR) is 91.7 cm³/mol. The fourth-order valence-electron chi connectivity index (χ4n) is 2.10. The van der Waals surface area contributed by atoms with Gasteiger partial charge in [-0.1, -0.05) is 30.3 Å². The van der Waals surface area contributed by atoms with Crippen molar-refractivity contribution in [2.45, 2.75) is 13.8 Å². The zero-order valence-corrected chi connectivity index (χ0v) is 13.2. The van der Waals surface area contributed by atoms with Crippen LogP contribution in [0.4, 0.5) is 5.69 Å². The first-order valence-electron chi connectivity index (χ1n) is 7.41. The van der Waals surface area contributed by atoms with Crippen molar-refractivity contribution in [2.75, 3.05) is 11.9 Å². The van der Waals surface area contributed by atoms with Gasteiger partial charge in [0.2, 0.25) is 5.91 Å². The molecule has 2 aromatic rings. The summed E-state index contributed by atoms with van der Waals surface area (Å²) in [6.45, 7) is 3.95. The van der Waals surface area contributed by atoms with Crippen LogP contribution in [0.15, 0.2) is 54.6 Å². The molecular weight excluding hydrogens is 290 g/mol. The standard InChI is InChI=1S/C19H19NO3/c1-3-23-18-9-4-6-15(12-18)10-11-19(22)16-7-5-8-17(13-16)20-14(2)21/h4-13H,3H2,1-2H3,(H,20,21)/b11-10+. The molecule has 23 heavy (non-hydrogen) atoms. The Morgan fingerprint density at radius 1 is 1.13 bits per heavy atom. The van der Waals surface area contributed by atoms with Crippen molar-refractivity contribution in [3.63, 3.8) is 0 Å². The monoisotopic (exact) mass is 309 g/mol. The molecule has 118 valence electrons. The summed E-state index contributed by atoms with van der Waals surface area (Å²) < 4.78 is 5.43. The van der Waals surface area contributed by atoms with E-state index in [1.807, 2.05) is 31.2 Å². The summed E-state index contributed by atoms with van der Waals surface area (Å²) in [4.78, 5) is 23.3. The normalized spacial score (nSPS) is 10.5. The Morgan fingerprint density at radius 3 is 2.65 bits per heavy atom. The lowest BCUT2D eigenvalue weighted by molar-refractivity contribution is -0.114. The van der Waals surface area contributed by atoms with Crippen LogP contribution in [0.2, 0.25) is 0 Å². The molecule has 0 heterocycles. The summed E-state index contributed by atoms with van der Waals surface area (Å²) in [6.07, 6.45) is 3.26. The van der Waals surface area contributed by atoms with Crippen LogP contribution in [0.25, 0.3) is 6.08 Å². The number of anilines is 1. The van der Waals surface area contributed by atoms with Crippen molar-refractivity contribution >= 4 is 23.5 Å². The third-order valence-corrected chi connectivity index (χ3v) is 3.06. The number of allylic oxidation sites excluding steroid dienone is 1. The van der Waals surface area contributed by atoms with Crippen molar-refractivity contribution in [1.29, 1.82) is 0 Å². The number of amides is 1. The van der Waals surface area contributed by atoms with E-state index in [1.165, 1.54) is 13.0 Å². The molecule has 0 fully saturated rings. The Balaban J connectivity index is 2.12. The van der Waals surface area contributed by atoms with Gasteiger partial charge in [0.1, 0.15) is 5.75 Å². The average molecular weight is 309 g/mol. The lowest BCUT2D eigenvalue weighted by Crippen LogP contribution is -2.06. The second kappa shape index (κ2) is 7.94. The van der Waals surface area contributed by atoms with E-state index in [1.54, 1.807) is 30.3 Å². The van der Waals surface area contributed by atoms with E-state index < -0.39 is 0 Å². The SMILES string of the molecule is CCOc1cccc(/C=C/C(=O)c2cccc(NC(C)=O)c2)c1. The molecule has 0 spiro atoms. The molecule has 0 saturated carbocycles. The second-order valence-corrected chi connectivity index (χ2v) is 4.97. The van der Waals surface area contributed by atoms with Gasteiger partial charge in [-0.25, -0.2) is 0 Å². The molecule has 1 N–H and O–H groups in total. The highest BCUT2D eigenvalue weighted by atomic mass is 16.5. The van der Waals surface area contributed by atoms with E-state index in [0.717, 1.165) is 11.3 Å². The Morgan fingerprint density at radius 2 is 1.91 bits per heavy atom. The molecule has 0 saturated heterocycles. The summed E-state index contributed by atoms with van der Waals surface area (Å²) in [6, 6.07) is 14.4. The van der Waals surface area contributed by atoms with Crippen LogP contribution in [-0.4, -0.2) is 18.3 Å². The van der Waals surface area contributed by atoms with Crippen molar-refractivity contribution in [1.82, 2.24) is 0 Å². The average Bonchev–Trinajstić information content (AvgIpc) is 2.53. The number of benzene rings is 2. The predicted octanol–water partition coefficient (Wildman–Crippen LogP) is 3.94. The topological polar surface area (TPSA) is 55.4 Å². The van der Waals surface area contributed by atoms with Crippen molar-refractivity contribution in [2.24, 2.45) is 0 Å². The highest BCUT2D eigenvalue weighted by Gasteiger charge is 2.04. The van der Waals surface area contributed by atoms with Crippen LogP contribution in [0.3, 0.4) is 0 Å². The maximum atomic E-state index is 12.2. The van der Waals surface area contributed by atoms with E-state index in [2.05, 4.69) is 5.32 Å².